The number of benzene rings is 1. The summed E-state index contributed by atoms with van der Waals surface area (Å²) in [6, 6.07) is 0.354. The second-order valence-corrected chi connectivity index (χ2v) is 11.2. The minimum Gasteiger partial charge on any atom is -0.474 e. The van der Waals surface area contributed by atoms with Gasteiger partial charge in [0.25, 0.3) is 0 Å². The summed E-state index contributed by atoms with van der Waals surface area (Å²) in [5.74, 6) is -3.11. The molecule has 0 saturated heterocycles. The number of pyridine rings is 1. The van der Waals surface area contributed by atoms with Crippen LogP contribution in [0.3, 0.4) is 0 Å². The minimum absolute atomic E-state index is 0.0203. The molecule has 1 fully saturated rings. The maximum atomic E-state index is 16.2. The third-order valence-electron chi connectivity index (χ3n) is 7.84. The first-order valence-electron chi connectivity index (χ1n) is 14.2. The fourth-order valence-electron chi connectivity index (χ4n) is 4.88. The number of nitrogens with two attached hydrogens (primary N) is 2. The molecule has 0 radical (unpaired) electrons. The van der Waals surface area contributed by atoms with Gasteiger partial charge in [-0.25, -0.2) is 13.8 Å². The molecule has 43 heavy (non-hydrogen) atoms. The summed E-state index contributed by atoms with van der Waals surface area (Å²) in [4.78, 5) is 12.4. The van der Waals surface area contributed by atoms with Gasteiger partial charge in [-0.2, -0.15) is 23.1 Å². The van der Waals surface area contributed by atoms with Gasteiger partial charge in [0.15, 0.2) is 5.82 Å². The van der Waals surface area contributed by atoms with Gasteiger partial charge >= 0.3 is 12.2 Å². The molecule has 1 saturated carbocycles. The number of ether oxygens (including phenoxy) is 2. The van der Waals surface area contributed by atoms with E-state index in [-0.39, 0.29) is 29.7 Å². The average molecular weight is 613 g/mol. The summed E-state index contributed by atoms with van der Waals surface area (Å²) in [6.45, 7) is 7.72. The molecule has 2 atom stereocenters. The maximum Gasteiger partial charge on any atom is 0.417 e. The Balaban J connectivity index is 1.85. The van der Waals surface area contributed by atoms with Crippen molar-refractivity contribution in [2.45, 2.75) is 78.2 Å². The van der Waals surface area contributed by atoms with Gasteiger partial charge in [-0.3, -0.25) is 0 Å². The summed E-state index contributed by atoms with van der Waals surface area (Å²) >= 11 is 0. The average Bonchev–Trinajstić information content (AvgIpc) is 3.72. The highest BCUT2D eigenvalue weighted by molar-refractivity contribution is 5.96. The van der Waals surface area contributed by atoms with E-state index in [0.717, 1.165) is 26.3 Å². The van der Waals surface area contributed by atoms with Gasteiger partial charge in [0, 0.05) is 11.0 Å². The monoisotopic (exact) mass is 612 g/mol. The number of alkyl halides is 3. The molecule has 14 heteroatoms. The Kier molecular flexibility index (Phi) is 9.50. The number of hydrogen-bond donors (Lipinski definition) is 4. The molecule has 236 valence electrons. The summed E-state index contributed by atoms with van der Waals surface area (Å²) in [7, 11) is 0. The van der Waals surface area contributed by atoms with Gasteiger partial charge in [-0.1, -0.05) is 13.3 Å². The smallest absolute Gasteiger partial charge is 0.417 e. The lowest BCUT2D eigenvalue weighted by Gasteiger charge is -2.21. The van der Waals surface area contributed by atoms with Crippen LogP contribution in [0.4, 0.5) is 33.5 Å². The van der Waals surface area contributed by atoms with Crippen molar-refractivity contribution in [3.63, 3.8) is 0 Å². The number of aromatic nitrogens is 3. The van der Waals surface area contributed by atoms with E-state index in [1.807, 2.05) is 0 Å². The van der Waals surface area contributed by atoms with Gasteiger partial charge in [-0.05, 0) is 71.2 Å². The van der Waals surface area contributed by atoms with Crippen LogP contribution in [-0.2, 0) is 6.18 Å². The van der Waals surface area contributed by atoms with Crippen molar-refractivity contribution in [2.24, 2.45) is 5.41 Å². The molecule has 2 aromatic heterocycles. The van der Waals surface area contributed by atoms with Gasteiger partial charge in [0.05, 0.1) is 30.1 Å². The van der Waals surface area contributed by atoms with E-state index in [9.17, 15) is 22.7 Å². The number of nitrogens with zero attached hydrogens (tertiary/aromatic N) is 3. The highest BCUT2D eigenvalue weighted by Crippen LogP contribution is 2.49. The SMILES string of the molecule is CCCCNCCC(C)Oc1nc(-c2cc(N)c(F)c(C)c2C(F)(F)F)c(F)c2nc(OCC3(C(C)O)CC3)nc(N)c12. The van der Waals surface area contributed by atoms with E-state index in [2.05, 4.69) is 27.2 Å². The standard InChI is InChI=1S/C29H37F5N6O3/c1-5-6-10-37-11-7-14(2)43-26-19-24(39-27(40-25(19)36)42-13-28(8-9-28)16(4)41)22(31)23(38-26)17-12-18(35)21(30)15(3)20(17)29(32,33)34/h12,14,16,37,41H,5-11,13,35H2,1-4H3,(H2,36,39,40). The van der Waals surface area contributed by atoms with Crippen LogP contribution in [0.2, 0.25) is 0 Å². The molecular weight excluding hydrogens is 575 g/mol. The molecule has 2 unspecified atom stereocenters. The van der Waals surface area contributed by atoms with Crippen LogP contribution < -0.4 is 26.3 Å². The van der Waals surface area contributed by atoms with E-state index in [1.165, 1.54) is 0 Å². The zero-order chi connectivity index (χ0) is 31.7. The van der Waals surface area contributed by atoms with Gasteiger partial charge in [0.2, 0.25) is 5.88 Å². The molecule has 4 rings (SSSR count). The Labute approximate surface area is 246 Å². The zero-order valence-corrected chi connectivity index (χ0v) is 24.5. The molecule has 1 aromatic carbocycles. The first-order valence-corrected chi connectivity index (χ1v) is 14.2. The van der Waals surface area contributed by atoms with E-state index >= 15 is 4.39 Å². The number of anilines is 2. The zero-order valence-electron chi connectivity index (χ0n) is 24.5. The number of fused-ring (bicyclic) bond motifs is 1. The first kappa shape index (κ1) is 32.4. The highest BCUT2D eigenvalue weighted by atomic mass is 19.4. The normalized spacial score (nSPS) is 15.9. The summed E-state index contributed by atoms with van der Waals surface area (Å²) in [5.41, 5.74) is 6.44. The number of aliphatic hydroxyl groups is 1. The third kappa shape index (κ3) is 6.85. The Morgan fingerprint density at radius 3 is 2.40 bits per heavy atom. The maximum absolute atomic E-state index is 16.2. The second kappa shape index (κ2) is 12.6. The third-order valence-corrected chi connectivity index (χ3v) is 7.84. The summed E-state index contributed by atoms with van der Waals surface area (Å²) in [5, 5.41) is 13.2. The van der Waals surface area contributed by atoms with Crippen molar-refractivity contribution in [3.8, 4) is 23.1 Å². The molecule has 0 aliphatic heterocycles. The lowest BCUT2D eigenvalue weighted by Crippen LogP contribution is -2.26. The molecule has 9 nitrogen and oxygen atoms in total. The Bertz CT molecular complexity index is 1480. The quantitative estimate of drug-likeness (QED) is 0.111. The van der Waals surface area contributed by atoms with Crippen LogP contribution in [0.15, 0.2) is 6.07 Å². The largest absolute Gasteiger partial charge is 0.474 e. The number of nitrogens with one attached hydrogen (secondary N) is 1. The first-order chi connectivity index (χ1) is 20.2. The van der Waals surface area contributed by atoms with Crippen molar-refractivity contribution in [3.05, 3.63) is 28.8 Å². The predicted molar refractivity (Wildman–Crippen MR) is 153 cm³/mol. The van der Waals surface area contributed by atoms with E-state index in [4.69, 9.17) is 20.9 Å². The molecule has 0 amide bonds. The lowest BCUT2D eigenvalue weighted by molar-refractivity contribution is -0.137. The van der Waals surface area contributed by atoms with E-state index in [1.54, 1.807) is 13.8 Å². The van der Waals surface area contributed by atoms with Gasteiger partial charge in [0.1, 0.15) is 28.2 Å². The molecule has 6 N–H and O–H groups in total. The second-order valence-electron chi connectivity index (χ2n) is 11.2. The minimum atomic E-state index is -5.08. The van der Waals surface area contributed by atoms with Crippen molar-refractivity contribution >= 4 is 22.4 Å². The van der Waals surface area contributed by atoms with Crippen LogP contribution in [0, 0.1) is 24.0 Å². The van der Waals surface area contributed by atoms with Crippen molar-refractivity contribution in [1.82, 2.24) is 20.3 Å². The number of halogens is 5. The van der Waals surface area contributed by atoms with Crippen LogP contribution in [0.1, 0.15) is 64.0 Å². The molecule has 0 spiro atoms. The number of rotatable bonds is 13. The number of nitrogen functional groups attached to an aromatic ring is 2. The molecule has 1 aliphatic carbocycles. The Morgan fingerprint density at radius 2 is 1.79 bits per heavy atom. The fourth-order valence-corrected chi connectivity index (χ4v) is 4.88. The van der Waals surface area contributed by atoms with Crippen molar-refractivity contribution in [1.29, 1.82) is 0 Å². The van der Waals surface area contributed by atoms with Crippen molar-refractivity contribution < 1.29 is 36.5 Å². The summed E-state index contributed by atoms with van der Waals surface area (Å²) in [6.07, 6.45) is -2.39. The predicted octanol–water partition coefficient (Wildman–Crippen LogP) is 5.55. The van der Waals surface area contributed by atoms with Crippen molar-refractivity contribution in [2.75, 3.05) is 31.2 Å². The van der Waals surface area contributed by atoms with Crippen LogP contribution >= 0.6 is 0 Å². The number of aliphatic hydroxyl groups excluding tert-OH is 1. The fraction of sp³-hybridized carbons (Fsp3) is 0.552. The summed E-state index contributed by atoms with van der Waals surface area (Å²) < 4.78 is 85.1. The number of unbranched alkanes of at least 4 members (excludes halogenated alkanes) is 1. The lowest BCUT2D eigenvalue weighted by atomic mass is 9.96. The van der Waals surface area contributed by atoms with Gasteiger partial charge < -0.3 is 31.4 Å². The van der Waals surface area contributed by atoms with Crippen LogP contribution in [-0.4, -0.2) is 52.0 Å². The molecule has 1 aliphatic rings. The molecule has 0 bridgehead atoms. The Hall–Kier alpha value is -3.52. The topological polar surface area (TPSA) is 141 Å². The van der Waals surface area contributed by atoms with E-state index in [0.29, 0.717) is 31.9 Å². The van der Waals surface area contributed by atoms with E-state index < -0.39 is 69.0 Å². The molecular formula is C29H37F5N6O3. The van der Waals surface area contributed by atoms with Crippen LogP contribution in [0.5, 0.6) is 11.9 Å². The Morgan fingerprint density at radius 1 is 1.09 bits per heavy atom. The molecule has 3 aromatic rings. The number of hydrogen-bond acceptors (Lipinski definition) is 9. The van der Waals surface area contributed by atoms with Crippen LogP contribution in [0.25, 0.3) is 22.2 Å². The highest BCUT2D eigenvalue weighted by Gasteiger charge is 2.48. The van der Waals surface area contributed by atoms with Gasteiger partial charge in [-0.15, -0.1) is 0 Å². The molecule has 2 heterocycles.